The first-order valence-corrected chi connectivity index (χ1v) is 9.62. The lowest BCUT2D eigenvalue weighted by Gasteiger charge is -2.38. The molecule has 27 heavy (non-hydrogen) atoms. The molecule has 0 N–H and O–H groups in total. The number of nitrogens with zero attached hydrogens (tertiary/aromatic N) is 2. The molecule has 2 atom stereocenters. The first kappa shape index (κ1) is 19.4. The fraction of sp³-hybridized carbons (Fsp3) is 0.364. The van der Waals surface area contributed by atoms with Crippen LogP contribution in [0.4, 0.5) is 0 Å². The van der Waals surface area contributed by atoms with E-state index in [1.165, 1.54) is 5.56 Å². The molecule has 4 nitrogen and oxygen atoms in total. The van der Waals surface area contributed by atoms with Gasteiger partial charge in [0.05, 0.1) is 18.5 Å². The van der Waals surface area contributed by atoms with Gasteiger partial charge in [0, 0.05) is 25.5 Å². The Morgan fingerprint density at radius 3 is 2.52 bits per heavy atom. The van der Waals surface area contributed by atoms with E-state index in [4.69, 9.17) is 11.6 Å². The molecule has 0 saturated carbocycles. The molecule has 0 bridgehead atoms. The molecule has 1 aliphatic rings. The highest BCUT2D eigenvalue weighted by Crippen LogP contribution is 2.33. The molecule has 0 aromatic heterocycles. The van der Waals surface area contributed by atoms with Gasteiger partial charge in [-0.25, -0.2) is 0 Å². The quantitative estimate of drug-likeness (QED) is 0.784. The number of hydrogen-bond donors (Lipinski definition) is 0. The van der Waals surface area contributed by atoms with E-state index in [2.05, 4.69) is 6.07 Å². The maximum absolute atomic E-state index is 13.0. The van der Waals surface area contributed by atoms with Gasteiger partial charge in [0.1, 0.15) is 0 Å². The Kier molecular flexibility index (Phi) is 5.85. The Morgan fingerprint density at radius 2 is 1.85 bits per heavy atom. The molecule has 5 heteroatoms. The summed E-state index contributed by atoms with van der Waals surface area (Å²) in [5.41, 5.74) is 3.34. The molecule has 2 aromatic carbocycles. The van der Waals surface area contributed by atoms with Gasteiger partial charge in [-0.05, 0) is 42.2 Å². The number of fused-ring (bicyclic) bond motifs is 1. The summed E-state index contributed by atoms with van der Waals surface area (Å²) in [6.07, 6.45) is 1.11. The molecule has 0 radical (unpaired) electrons. The van der Waals surface area contributed by atoms with Gasteiger partial charge in [0.15, 0.2) is 0 Å². The monoisotopic (exact) mass is 384 g/mol. The highest BCUT2D eigenvalue weighted by Gasteiger charge is 2.32. The standard InChI is InChI=1S/C22H25ClN2O2/c1-15(17-8-10-19(23)11-9-17)24(3)22(27)14-21-20-7-5-4-6-18(20)12-13-25(21)16(2)26/h4-11,15,21H,12-14H2,1-3H3. The highest BCUT2D eigenvalue weighted by atomic mass is 35.5. The zero-order valence-electron chi connectivity index (χ0n) is 16.0. The molecular weight excluding hydrogens is 360 g/mol. The fourth-order valence-corrected chi connectivity index (χ4v) is 3.86. The van der Waals surface area contributed by atoms with Crippen molar-refractivity contribution in [3.63, 3.8) is 0 Å². The van der Waals surface area contributed by atoms with Gasteiger partial charge in [-0.15, -0.1) is 0 Å². The molecule has 2 aromatic rings. The van der Waals surface area contributed by atoms with E-state index in [1.807, 2.05) is 61.3 Å². The second kappa shape index (κ2) is 8.13. The Balaban J connectivity index is 1.80. The van der Waals surface area contributed by atoms with E-state index in [0.29, 0.717) is 11.6 Å². The summed E-state index contributed by atoms with van der Waals surface area (Å²) in [6.45, 7) is 4.23. The van der Waals surface area contributed by atoms with Crippen LogP contribution in [0, 0.1) is 0 Å². The first-order chi connectivity index (χ1) is 12.9. The second-order valence-electron chi connectivity index (χ2n) is 7.11. The van der Waals surface area contributed by atoms with Crippen molar-refractivity contribution in [2.75, 3.05) is 13.6 Å². The summed E-state index contributed by atoms with van der Waals surface area (Å²) in [7, 11) is 1.81. The molecule has 0 aliphatic carbocycles. The van der Waals surface area contributed by atoms with Crippen molar-refractivity contribution in [3.05, 3.63) is 70.2 Å². The summed E-state index contributed by atoms with van der Waals surface area (Å²) in [4.78, 5) is 28.7. The van der Waals surface area contributed by atoms with Crippen LogP contribution in [0.15, 0.2) is 48.5 Å². The van der Waals surface area contributed by atoms with Gasteiger partial charge in [0.2, 0.25) is 11.8 Å². The van der Waals surface area contributed by atoms with E-state index in [-0.39, 0.29) is 30.3 Å². The molecular formula is C22H25ClN2O2. The molecule has 1 heterocycles. The third-order valence-electron chi connectivity index (χ3n) is 5.51. The van der Waals surface area contributed by atoms with E-state index in [0.717, 1.165) is 17.5 Å². The van der Waals surface area contributed by atoms with Crippen LogP contribution in [0.25, 0.3) is 0 Å². The number of benzene rings is 2. The number of amides is 2. The van der Waals surface area contributed by atoms with Gasteiger partial charge in [-0.1, -0.05) is 48.0 Å². The summed E-state index contributed by atoms with van der Waals surface area (Å²) in [5.74, 6) is 0.0288. The lowest BCUT2D eigenvalue weighted by Crippen LogP contribution is -2.41. The van der Waals surface area contributed by atoms with Gasteiger partial charge in [0.25, 0.3) is 0 Å². The number of carbonyl (C=O) groups excluding carboxylic acids is 2. The number of rotatable bonds is 4. The van der Waals surface area contributed by atoms with Gasteiger partial charge in [-0.2, -0.15) is 0 Å². The van der Waals surface area contributed by atoms with Gasteiger partial charge in [-0.3, -0.25) is 9.59 Å². The summed E-state index contributed by atoms with van der Waals surface area (Å²) in [6, 6.07) is 15.4. The van der Waals surface area contributed by atoms with Crippen molar-refractivity contribution in [2.45, 2.75) is 38.8 Å². The van der Waals surface area contributed by atoms with Crippen LogP contribution < -0.4 is 0 Å². The van der Waals surface area contributed by atoms with Crippen molar-refractivity contribution in [2.24, 2.45) is 0 Å². The molecule has 0 saturated heterocycles. The number of carbonyl (C=O) groups is 2. The normalized spacial score (nSPS) is 17.2. The van der Waals surface area contributed by atoms with Crippen LogP contribution in [0.2, 0.25) is 5.02 Å². The lowest BCUT2D eigenvalue weighted by atomic mass is 9.90. The van der Waals surface area contributed by atoms with Crippen molar-refractivity contribution in [3.8, 4) is 0 Å². The van der Waals surface area contributed by atoms with Crippen LogP contribution in [-0.4, -0.2) is 35.2 Å². The number of halogens is 1. The van der Waals surface area contributed by atoms with E-state index in [1.54, 1.807) is 11.8 Å². The maximum atomic E-state index is 13.0. The first-order valence-electron chi connectivity index (χ1n) is 9.24. The van der Waals surface area contributed by atoms with Crippen molar-refractivity contribution >= 4 is 23.4 Å². The van der Waals surface area contributed by atoms with Crippen molar-refractivity contribution in [1.82, 2.24) is 9.80 Å². The van der Waals surface area contributed by atoms with E-state index >= 15 is 0 Å². The van der Waals surface area contributed by atoms with Crippen LogP contribution in [-0.2, 0) is 16.0 Å². The minimum Gasteiger partial charge on any atom is -0.339 e. The zero-order valence-corrected chi connectivity index (χ0v) is 16.7. The molecule has 0 spiro atoms. The van der Waals surface area contributed by atoms with Crippen LogP contribution in [0.3, 0.4) is 0 Å². The van der Waals surface area contributed by atoms with E-state index in [9.17, 15) is 9.59 Å². The van der Waals surface area contributed by atoms with Crippen LogP contribution in [0.1, 0.15) is 49.0 Å². The minimum absolute atomic E-state index is 0.00991. The summed E-state index contributed by atoms with van der Waals surface area (Å²) in [5, 5.41) is 0.677. The van der Waals surface area contributed by atoms with Gasteiger partial charge < -0.3 is 9.80 Å². The third kappa shape index (κ3) is 4.16. The predicted octanol–water partition coefficient (Wildman–Crippen LogP) is 4.40. The molecule has 2 amide bonds. The number of hydrogen-bond acceptors (Lipinski definition) is 2. The van der Waals surface area contributed by atoms with Crippen LogP contribution >= 0.6 is 11.6 Å². The van der Waals surface area contributed by atoms with Crippen molar-refractivity contribution in [1.29, 1.82) is 0 Å². The van der Waals surface area contributed by atoms with E-state index < -0.39 is 0 Å². The molecule has 1 aliphatic heterocycles. The van der Waals surface area contributed by atoms with Crippen LogP contribution in [0.5, 0.6) is 0 Å². The summed E-state index contributed by atoms with van der Waals surface area (Å²) >= 11 is 5.96. The summed E-state index contributed by atoms with van der Waals surface area (Å²) < 4.78 is 0. The average molecular weight is 385 g/mol. The predicted molar refractivity (Wildman–Crippen MR) is 108 cm³/mol. The van der Waals surface area contributed by atoms with Gasteiger partial charge >= 0.3 is 0 Å². The smallest absolute Gasteiger partial charge is 0.225 e. The Morgan fingerprint density at radius 1 is 1.19 bits per heavy atom. The lowest BCUT2D eigenvalue weighted by molar-refractivity contribution is -0.137. The Bertz CT molecular complexity index is 834. The fourth-order valence-electron chi connectivity index (χ4n) is 3.74. The molecule has 0 fully saturated rings. The SMILES string of the molecule is CC(=O)N1CCc2ccccc2C1CC(=O)N(C)C(C)c1ccc(Cl)cc1. The highest BCUT2D eigenvalue weighted by molar-refractivity contribution is 6.30. The second-order valence-corrected chi connectivity index (χ2v) is 7.55. The molecule has 3 rings (SSSR count). The zero-order chi connectivity index (χ0) is 19.6. The molecule has 2 unspecified atom stereocenters. The topological polar surface area (TPSA) is 40.6 Å². The maximum Gasteiger partial charge on any atom is 0.225 e. The minimum atomic E-state index is -0.209. The van der Waals surface area contributed by atoms with Crippen molar-refractivity contribution < 1.29 is 9.59 Å². The average Bonchev–Trinajstić information content (AvgIpc) is 2.67. The Labute approximate surface area is 165 Å². The Hall–Kier alpha value is -2.33. The molecule has 142 valence electrons. The third-order valence-corrected chi connectivity index (χ3v) is 5.76. The largest absolute Gasteiger partial charge is 0.339 e.